The Balaban J connectivity index is 2.08. The Hall–Kier alpha value is -3.15. The lowest BCUT2D eigenvalue weighted by atomic mass is 10.0. The quantitative estimate of drug-likeness (QED) is 0.0821. The van der Waals surface area contributed by atoms with Gasteiger partial charge < -0.3 is 14.3 Å². The maximum Gasteiger partial charge on any atom is 0.332 e. The highest BCUT2D eigenvalue weighted by Gasteiger charge is 2.17. The number of hydrogen-bond acceptors (Lipinski definition) is 6. The van der Waals surface area contributed by atoms with Crippen LogP contribution in [0.1, 0.15) is 83.3 Å². The highest BCUT2D eigenvalue weighted by molar-refractivity contribution is 6.14. The number of esters is 1. The van der Waals surface area contributed by atoms with Crippen LogP contribution in [0.4, 0.5) is 0 Å². The van der Waals surface area contributed by atoms with Gasteiger partial charge in [0, 0.05) is 31.0 Å². The van der Waals surface area contributed by atoms with E-state index in [1.54, 1.807) is 18.2 Å². The molecule has 0 N–H and O–H groups in total. The molecule has 0 fully saturated rings. The Morgan fingerprint density at radius 3 is 2.12 bits per heavy atom. The molecule has 0 heterocycles. The summed E-state index contributed by atoms with van der Waals surface area (Å²) in [6.07, 6.45) is 9.82. The minimum atomic E-state index is -0.539. The van der Waals surface area contributed by atoms with Crippen molar-refractivity contribution >= 4 is 17.7 Å². The first kappa shape index (κ1) is 26.1. The number of carbonyl (C=O) groups is 2. The van der Waals surface area contributed by atoms with E-state index in [2.05, 4.69) is 12.1 Å². The fraction of sp³-hybridized carbons (Fsp3) is 0.444. The van der Waals surface area contributed by atoms with Crippen molar-refractivity contribution in [1.29, 1.82) is 0 Å². The van der Waals surface area contributed by atoms with E-state index in [0.29, 0.717) is 29.4 Å². The van der Waals surface area contributed by atoms with Crippen molar-refractivity contribution in [1.82, 2.24) is 0 Å². The highest BCUT2D eigenvalue weighted by atomic mass is 16.7. The molecule has 0 spiro atoms. The maximum atomic E-state index is 11.7. The zero-order chi connectivity index (χ0) is 23.9. The molecule has 6 heteroatoms. The lowest BCUT2D eigenvalue weighted by Crippen LogP contribution is -2.11. The number of hydrogen-bond donors (Lipinski definition) is 0. The van der Waals surface area contributed by atoms with Crippen LogP contribution in [0.3, 0.4) is 0 Å². The van der Waals surface area contributed by atoms with Crippen LogP contribution in [-0.2, 0) is 14.4 Å². The molecule has 178 valence electrons. The number of carbonyl (C=O) groups excluding carboxylic acids is 2. The molecule has 6 nitrogen and oxygen atoms in total. The minimum Gasteiger partial charge on any atom is -0.493 e. The molecule has 33 heavy (non-hydrogen) atoms. The Morgan fingerprint density at radius 2 is 1.48 bits per heavy atom. The predicted molar refractivity (Wildman–Crippen MR) is 130 cm³/mol. The van der Waals surface area contributed by atoms with Gasteiger partial charge in [-0.15, -0.1) is 0 Å². The molecule has 0 aliphatic carbocycles. The topological polar surface area (TPSA) is 74.2 Å². The van der Waals surface area contributed by atoms with E-state index in [4.69, 9.17) is 14.3 Å². The fourth-order valence-electron chi connectivity index (χ4n) is 3.42. The van der Waals surface area contributed by atoms with Crippen molar-refractivity contribution < 1.29 is 23.9 Å². The third kappa shape index (κ3) is 9.89. The van der Waals surface area contributed by atoms with Gasteiger partial charge in [-0.3, -0.25) is 4.79 Å². The third-order valence-electron chi connectivity index (χ3n) is 5.04. The monoisotopic (exact) mass is 453 g/mol. The molecule has 0 saturated carbocycles. The first-order chi connectivity index (χ1) is 16.0. The number of unbranched alkanes of at least 4 members (excludes halogenated alkanes) is 7. The molecule has 2 aromatic rings. The van der Waals surface area contributed by atoms with Crippen LogP contribution in [0.25, 0.3) is 0 Å². The molecule has 0 bridgehead atoms. The van der Waals surface area contributed by atoms with Crippen molar-refractivity contribution in [2.75, 3.05) is 6.61 Å². The molecule has 0 aromatic heterocycles. The van der Waals surface area contributed by atoms with E-state index in [1.807, 2.05) is 30.3 Å². The number of benzene rings is 2. The summed E-state index contributed by atoms with van der Waals surface area (Å²) in [6.45, 7) is 5.44. The van der Waals surface area contributed by atoms with Crippen LogP contribution in [0.2, 0.25) is 0 Å². The summed E-state index contributed by atoms with van der Waals surface area (Å²) in [6, 6.07) is 14.5. The van der Waals surface area contributed by atoms with Gasteiger partial charge in [0.05, 0.1) is 6.61 Å². The van der Waals surface area contributed by atoms with Gasteiger partial charge in [0.2, 0.25) is 0 Å². The molecular weight excluding hydrogens is 418 g/mol. The normalized spacial score (nSPS) is 11.2. The van der Waals surface area contributed by atoms with Crippen LogP contribution >= 0.6 is 0 Å². The molecule has 2 rings (SSSR count). The van der Waals surface area contributed by atoms with E-state index >= 15 is 0 Å². The predicted octanol–water partition coefficient (Wildman–Crippen LogP) is 6.45. The minimum absolute atomic E-state index is 0.297. The molecule has 0 aliphatic rings. The van der Waals surface area contributed by atoms with Crippen LogP contribution in [0.15, 0.2) is 53.7 Å². The van der Waals surface area contributed by atoms with E-state index in [1.165, 1.54) is 52.4 Å². The van der Waals surface area contributed by atoms with Gasteiger partial charge in [-0.2, -0.15) is 0 Å². The van der Waals surface area contributed by atoms with Gasteiger partial charge in [-0.1, -0.05) is 87.4 Å². The second-order valence-electron chi connectivity index (χ2n) is 7.96. The second kappa shape index (κ2) is 14.8. The van der Waals surface area contributed by atoms with Crippen LogP contribution in [0, 0.1) is 0 Å². The zero-order valence-electron chi connectivity index (χ0n) is 20.0. The number of nitrogens with zero attached hydrogens (tertiary/aromatic N) is 1. The molecule has 0 amide bonds. The zero-order valence-corrected chi connectivity index (χ0v) is 20.0. The largest absolute Gasteiger partial charge is 0.493 e. The number of oxime groups is 1. The van der Waals surface area contributed by atoms with E-state index in [0.717, 1.165) is 18.4 Å². The molecule has 0 atom stereocenters. The van der Waals surface area contributed by atoms with Crippen molar-refractivity contribution in [3.05, 3.63) is 59.7 Å². The Morgan fingerprint density at radius 1 is 0.818 bits per heavy atom. The second-order valence-corrected chi connectivity index (χ2v) is 7.96. The number of rotatable bonds is 14. The summed E-state index contributed by atoms with van der Waals surface area (Å²) in [5, 5.41) is 4.02. The molecular formula is C27H35NO5. The average molecular weight is 454 g/mol. The lowest BCUT2D eigenvalue weighted by molar-refractivity contribution is -0.141. The van der Waals surface area contributed by atoms with Crippen LogP contribution < -0.4 is 9.47 Å². The summed E-state index contributed by atoms with van der Waals surface area (Å²) in [5.74, 6) is -0.0947. The summed E-state index contributed by atoms with van der Waals surface area (Å²) in [5.41, 5.74) is 1.63. The van der Waals surface area contributed by atoms with E-state index < -0.39 is 11.9 Å². The van der Waals surface area contributed by atoms with Gasteiger partial charge >= 0.3 is 11.9 Å². The molecule has 0 saturated heterocycles. The van der Waals surface area contributed by atoms with Crippen molar-refractivity contribution in [2.24, 2.45) is 5.16 Å². The first-order valence-electron chi connectivity index (χ1n) is 11.8. The van der Waals surface area contributed by atoms with E-state index in [9.17, 15) is 9.59 Å². The first-order valence-corrected chi connectivity index (χ1v) is 11.8. The van der Waals surface area contributed by atoms with Crippen LogP contribution in [-0.4, -0.2) is 24.3 Å². The van der Waals surface area contributed by atoms with Gasteiger partial charge in [0.25, 0.3) is 0 Å². The van der Waals surface area contributed by atoms with Crippen molar-refractivity contribution in [2.45, 2.75) is 72.1 Å². The van der Waals surface area contributed by atoms with E-state index in [-0.39, 0.29) is 0 Å². The summed E-state index contributed by atoms with van der Waals surface area (Å²) < 4.78 is 11.3. The maximum absolute atomic E-state index is 11.7. The summed E-state index contributed by atoms with van der Waals surface area (Å²) in [7, 11) is 0. The fourth-order valence-corrected chi connectivity index (χ4v) is 3.42. The van der Waals surface area contributed by atoms with Crippen molar-refractivity contribution in [3.8, 4) is 11.5 Å². The molecule has 2 aromatic carbocycles. The Labute approximate surface area is 196 Å². The molecule has 0 unspecified atom stereocenters. The van der Waals surface area contributed by atoms with Gasteiger partial charge in [-0.05, 0) is 18.6 Å². The lowest BCUT2D eigenvalue weighted by Gasteiger charge is -2.14. The SMILES string of the molecule is CCCCCCCCCCOc1ccc(/C(=N/OC(C)=O)c2ccccc2)c(OC(C)=O)c1. The van der Waals surface area contributed by atoms with Crippen LogP contribution in [0.5, 0.6) is 11.5 Å². The third-order valence-corrected chi connectivity index (χ3v) is 5.04. The van der Waals surface area contributed by atoms with Gasteiger partial charge in [0.1, 0.15) is 17.2 Å². The highest BCUT2D eigenvalue weighted by Crippen LogP contribution is 2.28. The Kier molecular flexibility index (Phi) is 11.7. The van der Waals surface area contributed by atoms with Crippen molar-refractivity contribution in [3.63, 3.8) is 0 Å². The molecule has 0 radical (unpaired) electrons. The average Bonchev–Trinajstić information content (AvgIpc) is 2.79. The standard InChI is InChI=1S/C27H35NO5/c1-4-5-6-7-8-9-10-14-19-31-24-17-18-25(26(20-24)32-21(2)29)27(28-33-22(3)30)23-15-12-11-13-16-23/h11-13,15-18,20H,4-10,14,19H2,1-3H3/b28-27+. The molecule has 0 aliphatic heterocycles. The smallest absolute Gasteiger partial charge is 0.332 e. The Bertz CT molecular complexity index is 908. The van der Waals surface area contributed by atoms with Gasteiger partial charge in [0.15, 0.2) is 0 Å². The summed E-state index contributed by atoms with van der Waals surface area (Å²) in [4.78, 5) is 28.0. The number of ether oxygens (including phenoxy) is 2. The summed E-state index contributed by atoms with van der Waals surface area (Å²) >= 11 is 0. The van der Waals surface area contributed by atoms with Gasteiger partial charge in [-0.25, -0.2) is 4.79 Å².